The number of cyclic esters (lactones) is 1. The van der Waals surface area contributed by atoms with Gasteiger partial charge in [0.15, 0.2) is 5.11 Å². The molecular formula is C17H23FN4O2S2. The lowest BCUT2D eigenvalue weighted by Gasteiger charge is -2.29. The average molecular weight is 399 g/mol. The molecule has 1 amide bonds. The lowest BCUT2D eigenvalue weighted by Crippen LogP contribution is -2.40. The lowest BCUT2D eigenvalue weighted by molar-refractivity contribution is 0.143. The Hall–Kier alpha value is -1.74. The summed E-state index contributed by atoms with van der Waals surface area (Å²) in [6.07, 6.45) is -0.798. The summed E-state index contributed by atoms with van der Waals surface area (Å²) in [4.78, 5) is 15.7. The van der Waals surface area contributed by atoms with Crippen molar-refractivity contribution in [1.82, 2.24) is 10.6 Å². The van der Waals surface area contributed by atoms with Gasteiger partial charge in [-0.1, -0.05) is 0 Å². The van der Waals surface area contributed by atoms with Gasteiger partial charge in [-0.2, -0.15) is 11.8 Å². The smallest absolute Gasteiger partial charge is 0.414 e. The van der Waals surface area contributed by atoms with Crippen molar-refractivity contribution in [2.24, 2.45) is 0 Å². The number of hydrogen-bond acceptors (Lipinski definition) is 5. The third kappa shape index (κ3) is 4.50. The highest BCUT2D eigenvalue weighted by molar-refractivity contribution is 7.99. The van der Waals surface area contributed by atoms with Crippen LogP contribution in [-0.4, -0.2) is 61.5 Å². The molecule has 2 aliphatic rings. The van der Waals surface area contributed by atoms with Crippen LogP contribution in [0.2, 0.25) is 0 Å². The summed E-state index contributed by atoms with van der Waals surface area (Å²) in [5.41, 5.74) is 1.11. The quantitative estimate of drug-likeness (QED) is 0.738. The molecule has 142 valence electrons. The van der Waals surface area contributed by atoms with Gasteiger partial charge in [-0.3, -0.25) is 4.90 Å². The van der Waals surface area contributed by atoms with E-state index in [1.54, 1.807) is 12.1 Å². The van der Waals surface area contributed by atoms with Crippen molar-refractivity contribution in [2.75, 3.05) is 54.0 Å². The van der Waals surface area contributed by atoms with E-state index in [0.29, 0.717) is 29.6 Å². The Morgan fingerprint density at radius 2 is 2.15 bits per heavy atom. The number of rotatable bonds is 5. The zero-order chi connectivity index (χ0) is 18.5. The van der Waals surface area contributed by atoms with E-state index in [2.05, 4.69) is 10.6 Å². The molecule has 1 unspecified atom stereocenters. The Labute approximate surface area is 162 Å². The van der Waals surface area contributed by atoms with E-state index in [1.165, 1.54) is 11.0 Å². The fraction of sp³-hybridized carbons (Fsp3) is 0.529. The predicted octanol–water partition coefficient (Wildman–Crippen LogP) is 2.19. The van der Waals surface area contributed by atoms with Gasteiger partial charge in [0.1, 0.15) is 11.9 Å². The standard InChI is InChI=1S/C17H23FN4O2S2/c1-2-19-16(25)20-10-13-11-22(17(23)24-13)12-3-4-15(14(18)9-12)21-5-7-26-8-6-21/h3-4,9,13H,2,5-8,10-11H2,1H3,(H2,19,20,25). The first-order chi connectivity index (χ1) is 12.6. The Balaban J connectivity index is 1.62. The minimum absolute atomic E-state index is 0.308. The van der Waals surface area contributed by atoms with Crippen molar-refractivity contribution < 1.29 is 13.9 Å². The molecule has 0 aliphatic carbocycles. The number of benzene rings is 1. The van der Waals surface area contributed by atoms with E-state index in [-0.39, 0.29) is 11.9 Å². The van der Waals surface area contributed by atoms with Gasteiger partial charge in [0, 0.05) is 31.1 Å². The molecule has 0 radical (unpaired) electrons. The number of carbonyl (C=O) groups excluding carboxylic acids is 1. The number of nitrogens with zero attached hydrogens (tertiary/aromatic N) is 2. The number of amides is 1. The zero-order valence-electron chi connectivity index (χ0n) is 14.7. The van der Waals surface area contributed by atoms with Crippen LogP contribution in [0.15, 0.2) is 18.2 Å². The van der Waals surface area contributed by atoms with Crippen molar-refractivity contribution in [2.45, 2.75) is 13.0 Å². The molecule has 2 fully saturated rings. The summed E-state index contributed by atoms with van der Waals surface area (Å²) in [6, 6.07) is 4.94. The van der Waals surface area contributed by atoms with Crippen LogP contribution in [0.3, 0.4) is 0 Å². The van der Waals surface area contributed by atoms with Gasteiger partial charge in [-0.05, 0) is 37.3 Å². The van der Waals surface area contributed by atoms with E-state index in [1.807, 2.05) is 23.6 Å². The number of thiocarbonyl (C=S) groups is 1. The number of halogens is 1. The van der Waals surface area contributed by atoms with E-state index in [9.17, 15) is 9.18 Å². The van der Waals surface area contributed by atoms with Crippen molar-refractivity contribution >= 4 is 46.6 Å². The van der Waals surface area contributed by atoms with Gasteiger partial charge in [-0.15, -0.1) is 0 Å². The van der Waals surface area contributed by atoms with Gasteiger partial charge in [-0.25, -0.2) is 9.18 Å². The van der Waals surface area contributed by atoms with E-state index < -0.39 is 6.09 Å². The van der Waals surface area contributed by atoms with Crippen LogP contribution in [0, 0.1) is 5.82 Å². The van der Waals surface area contributed by atoms with Crippen LogP contribution in [-0.2, 0) is 4.74 Å². The Bertz CT molecular complexity index is 670. The summed E-state index contributed by atoms with van der Waals surface area (Å²) in [5, 5.41) is 6.52. The van der Waals surface area contributed by atoms with Crippen LogP contribution in [0.4, 0.5) is 20.6 Å². The van der Waals surface area contributed by atoms with E-state index >= 15 is 0 Å². The van der Waals surface area contributed by atoms with Gasteiger partial charge in [0.25, 0.3) is 0 Å². The molecule has 3 rings (SSSR count). The maximum Gasteiger partial charge on any atom is 0.414 e. The number of carbonyl (C=O) groups is 1. The largest absolute Gasteiger partial charge is 0.442 e. The molecule has 2 saturated heterocycles. The van der Waals surface area contributed by atoms with Crippen LogP contribution in [0.5, 0.6) is 0 Å². The Morgan fingerprint density at radius 1 is 1.38 bits per heavy atom. The van der Waals surface area contributed by atoms with Crippen LogP contribution >= 0.6 is 24.0 Å². The summed E-state index contributed by atoms with van der Waals surface area (Å²) >= 11 is 6.98. The fourth-order valence-corrected chi connectivity index (χ4v) is 4.12. The fourth-order valence-electron chi connectivity index (χ4n) is 2.99. The number of hydrogen-bond donors (Lipinski definition) is 2. The molecule has 6 nitrogen and oxygen atoms in total. The number of thioether (sulfide) groups is 1. The van der Waals surface area contributed by atoms with Crippen LogP contribution < -0.4 is 20.4 Å². The monoisotopic (exact) mass is 398 g/mol. The minimum atomic E-state index is -0.465. The molecule has 9 heteroatoms. The highest BCUT2D eigenvalue weighted by Crippen LogP contribution is 2.29. The summed E-state index contributed by atoms with van der Waals surface area (Å²) in [5.74, 6) is 1.70. The Kier molecular flexibility index (Phi) is 6.42. The van der Waals surface area contributed by atoms with E-state index in [0.717, 1.165) is 31.1 Å². The second-order valence-electron chi connectivity index (χ2n) is 6.09. The molecule has 0 aromatic heterocycles. The topological polar surface area (TPSA) is 56.8 Å². The van der Waals surface area contributed by atoms with Gasteiger partial charge in [0.2, 0.25) is 0 Å². The van der Waals surface area contributed by atoms with Gasteiger partial charge in [0.05, 0.1) is 24.5 Å². The molecule has 0 spiro atoms. The predicted molar refractivity (Wildman–Crippen MR) is 108 cm³/mol. The molecule has 1 atom stereocenters. The number of anilines is 2. The van der Waals surface area contributed by atoms with Crippen molar-refractivity contribution in [3.05, 3.63) is 24.0 Å². The molecule has 26 heavy (non-hydrogen) atoms. The first kappa shape index (κ1) is 19.0. The first-order valence-electron chi connectivity index (χ1n) is 8.70. The van der Waals surface area contributed by atoms with Gasteiger partial charge < -0.3 is 20.3 Å². The molecule has 1 aromatic carbocycles. The summed E-state index contributed by atoms with van der Waals surface area (Å²) in [6.45, 7) is 5.13. The van der Waals surface area contributed by atoms with Crippen LogP contribution in [0.25, 0.3) is 0 Å². The molecule has 0 bridgehead atoms. The zero-order valence-corrected chi connectivity index (χ0v) is 16.3. The first-order valence-corrected chi connectivity index (χ1v) is 10.3. The SMILES string of the molecule is CCNC(=S)NCC1CN(c2ccc(N3CCSCC3)c(F)c2)C(=O)O1. The third-order valence-corrected chi connectivity index (χ3v) is 5.53. The maximum atomic E-state index is 14.6. The normalized spacial score (nSPS) is 20.1. The van der Waals surface area contributed by atoms with Crippen molar-refractivity contribution in [3.8, 4) is 0 Å². The molecule has 2 aliphatic heterocycles. The van der Waals surface area contributed by atoms with E-state index in [4.69, 9.17) is 17.0 Å². The molecule has 2 N–H and O–H groups in total. The van der Waals surface area contributed by atoms with Crippen molar-refractivity contribution in [3.63, 3.8) is 0 Å². The van der Waals surface area contributed by atoms with Gasteiger partial charge >= 0.3 is 6.09 Å². The highest BCUT2D eigenvalue weighted by Gasteiger charge is 2.33. The maximum absolute atomic E-state index is 14.6. The van der Waals surface area contributed by atoms with Crippen molar-refractivity contribution in [1.29, 1.82) is 0 Å². The third-order valence-electron chi connectivity index (χ3n) is 4.30. The number of nitrogens with one attached hydrogen (secondary N) is 2. The summed E-state index contributed by atoms with van der Waals surface area (Å²) in [7, 11) is 0. The lowest BCUT2D eigenvalue weighted by atomic mass is 10.2. The molecule has 2 heterocycles. The number of ether oxygens (including phenoxy) is 1. The van der Waals surface area contributed by atoms with Crippen LogP contribution in [0.1, 0.15) is 6.92 Å². The molecular weight excluding hydrogens is 375 g/mol. The second-order valence-corrected chi connectivity index (χ2v) is 7.72. The minimum Gasteiger partial charge on any atom is -0.442 e. The summed E-state index contributed by atoms with van der Waals surface area (Å²) < 4.78 is 19.9. The second kappa shape index (κ2) is 8.77. The molecule has 1 aromatic rings. The average Bonchev–Trinajstić information content (AvgIpc) is 3.02. The highest BCUT2D eigenvalue weighted by atomic mass is 32.2. The molecule has 0 saturated carbocycles. The Morgan fingerprint density at radius 3 is 2.85 bits per heavy atom.